The lowest BCUT2D eigenvalue weighted by molar-refractivity contribution is 0.0166. The second-order valence-corrected chi connectivity index (χ2v) is 4.63. The van der Waals surface area contributed by atoms with Crippen molar-refractivity contribution in [2.75, 3.05) is 26.8 Å². The van der Waals surface area contributed by atoms with Crippen LogP contribution in [0.1, 0.15) is 19.3 Å². The average molecular weight is 228 g/mol. The summed E-state index contributed by atoms with van der Waals surface area (Å²) in [7, 11) is 1.95. The number of carbonyl (C=O) groups is 1. The second-order valence-electron chi connectivity index (χ2n) is 4.63. The van der Waals surface area contributed by atoms with Gasteiger partial charge in [0.25, 0.3) is 0 Å². The van der Waals surface area contributed by atoms with E-state index in [9.17, 15) is 4.79 Å². The molecule has 1 aliphatic carbocycles. The van der Waals surface area contributed by atoms with Gasteiger partial charge in [0.05, 0.1) is 12.6 Å². The van der Waals surface area contributed by atoms with Gasteiger partial charge >= 0.3 is 6.09 Å². The molecule has 1 saturated heterocycles. The quantitative estimate of drug-likeness (QED) is 0.735. The minimum Gasteiger partial charge on any atom is -0.446 e. The van der Waals surface area contributed by atoms with Gasteiger partial charge in [-0.3, -0.25) is 0 Å². The third-order valence-electron chi connectivity index (χ3n) is 3.21. The summed E-state index contributed by atoms with van der Waals surface area (Å²) in [5.74, 6) is 0.664. The summed E-state index contributed by atoms with van der Waals surface area (Å²) in [5, 5.41) is 5.95. The first kappa shape index (κ1) is 11.7. The molecule has 2 aliphatic rings. The zero-order valence-electron chi connectivity index (χ0n) is 9.70. The molecule has 1 aliphatic heterocycles. The zero-order valence-corrected chi connectivity index (χ0v) is 9.70. The van der Waals surface area contributed by atoms with Crippen LogP contribution in [0.15, 0.2) is 0 Å². The fourth-order valence-corrected chi connectivity index (χ4v) is 2.23. The summed E-state index contributed by atoms with van der Waals surface area (Å²) in [5.41, 5.74) is 0. The van der Waals surface area contributed by atoms with Crippen molar-refractivity contribution in [1.82, 2.24) is 10.6 Å². The molecule has 1 amide bonds. The van der Waals surface area contributed by atoms with Crippen molar-refractivity contribution in [3.8, 4) is 0 Å². The molecular weight excluding hydrogens is 208 g/mol. The number of hydrogen-bond acceptors (Lipinski definition) is 4. The van der Waals surface area contributed by atoms with Crippen molar-refractivity contribution in [3.63, 3.8) is 0 Å². The van der Waals surface area contributed by atoms with Crippen molar-refractivity contribution in [3.05, 3.63) is 0 Å². The number of alkyl carbamates (subject to hydrolysis) is 1. The molecule has 16 heavy (non-hydrogen) atoms. The van der Waals surface area contributed by atoms with E-state index in [0.29, 0.717) is 12.5 Å². The van der Waals surface area contributed by atoms with Crippen molar-refractivity contribution in [2.45, 2.75) is 31.4 Å². The number of nitrogens with one attached hydrogen (secondary N) is 2. The van der Waals surface area contributed by atoms with E-state index in [4.69, 9.17) is 9.47 Å². The Kier molecular flexibility index (Phi) is 4.01. The van der Waals surface area contributed by atoms with Crippen LogP contribution in [0.4, 0.5) is 4.79 Å². The summed E-state index contributed by atoms with van der Waals surface area (Å²) in [6.45, 7) is 2.36. The van der Waals surface area contributed by atoms with Crippen molar-refractivity contribution < 1.29 is 14.3 Å². The SMILES string of the molecule is CNCC1CC(OC(=O)NC2CCOC2)C1. The zero-order chi connectivity index (χ0) is 11.4. The molecule has 92 valence electrons. The molecule has 0 aromatic carbocycles. The Morgan fingerprint density at radius 3 is 2.94 bits per heavy atom. The van der Waals surface area contributed by atoms with Crippen LogP contribution in [-0.4, -0.2) is 45.0 Å². The third kappa shape index (κ3) is 3.09. The van der Waals surface area contributed by atoms with E-state index < -0.39 is 0 Å². The maximum atomic E-state index is 11.5. The first-order chi connectivity index (χ1) is 7.78. The Hall–Kier alpha value is -0.810. The van der Waals surface area contributed by atoms with Gasteiger partial charge in [0, 0.05) is 6.61 Å². The molecule has 0 bridgehead atoms. The van der Waals surface area contributed by atoms with E-state index in [0.717, 1.165) is 32.4 Å². The fraction of sp³-hybridized carbons (Fsp3) is 0.909. The molecule has 0 spiro atoms. The molecular formula is C11H20N2O3. The molecule has 1 unspecified atom stereocenters. The number of carbonyl (C=O) groups excluding carboxylic acids is 1. The van der Waals surface area contributed by atoms with Crippen molar-refractivity contribution in [2.24, 2.45) is 5.92 Å². The normalized spacial score (nSPS) is 33.2. The Morgan fingerprint density at radius 1 is 1.50 bits per heavy atom. The smallest absolute Gasteiger partial charge is 0.407 e. The highest BCUT2D eigenvalue weighted by Gasteiger charge is 2.32. The summed E-state index contributed by atoms with van der Waals surface area (Å²) in [6.07, 6.45) is 2.68. The molecule has 1 saturated carbocycles. The van der Waals surface area contributed by atoms with Crippen molar-refractivity contribution >= 4 is 6.09 Å². The minimum atomic E-state index is -0.289. The monoisotopic (exact) mass is 228 g/mol. The Labute approximate surface area is 95.9 Å². The molecule has 2 N–H and O–H groups in total. The van der Waals surface area contributed by atoms with E-state index in [2.05, 4.69) is 10.6 Å². The summed E-state index contributed by atoms with van der Waals surface area (Å²) < 4.78 is 10.5. The largest absolute Gasteiger partial charge is 0.446 e. The van der Waals surface area contributed by atoms with E-state index >= 15 is 0 Å². The number of hydrogen-bond donors (Lipinski definition) is 2. The second kappa shape index (κ2) is 5.50. The molecule has 0 aromatic heterocycles. The maximum Gasteiger partial charge on any atom is 0.407 e. The van der Waals surface area contributed by atoms with Crippen LogP contribution in [-0.2, 0) is 9.47 Å². The van der Waals surface area contributed by atoms with Crippen LogP contribution >= 0.6 is 0 Å². The lowest BCUT2D eigenvalue weighted by Gasteiger charge is -2.34. The Balaban J connectivity index is 1.58. The summed E-state index contributed by atoms with van der Waals surface area (Å²) in [4.78, 5) is 11.5. The van der Waals surface area contributed by atoms with Gasteiger partial charge in [-0.15, -0.1) is 0 Å². The van der Waals surface area contributed by atoms with Crippen LogP contribution in [0, 0.1) is 5.92 Å². The van der Waals surface area contributed by atoms with Gasteiger partial charge < -0.3 is 20.1 Å². The predicted molar refractivity (Wildman–Crippen MR) is 59.3 cm³/mol. The first-order valence-corrected chi connectivity index (χ1v) is 5.97. The Morgan fingerprint density at radius 2 is 2.31 bits per heavy atom. The highest BCUT2D eigenvalue weighted by atomic mass is 16.6. The molecule has 2 fully saturated rings. The molecule has 2 rings (SSSR count). The standard InChI is InChI=1S/C11H20N2O3/c1-12-6-8-4-10(5-8)16-11(14)13-9-2-3-15-7-9/h8-10,12H,2-7H2,1H3,(H,13,14). The van der Waals surface area contributed by atoms with E-state index in [1.165, 1.54) is 0 Å². The number of rotatable bonds is 4. The number of ether oxygens (including phenoxy) is 2. The van der Waals surface area contributed by atoms with Crippen LogP contribution in [0.25, 0.3) is 0 Å². The van der Waals surface area contributed by atoms with Gasteiger partial charge in [0.15, 0.2) is 0 Å². The van der Waals surface area contributed by atoms with Gasteiger partial charge in [-0.25, -0.2) is 4.79 Å². The lowest BCUT2D eigenvalue weighted by atomic mass is 9.82. The molecule has 1 heterocycles. The predicted octanol–water partition coefficient (Wildman–Crippen LogP) is 0.500. The average Bonchev–Trinajstić information content (AvgIpc) is 2.67. The Bertz CT molecular complexity index is 235. The highest BCUT2D eigenvalue weighted by molar-refractivity contribution is 5.67. The first-order valence-electron chi connectivity index (χ1n) is 5.97. The molecule has 1 atom stereocenters. The molecule has 5 heteroatoms. The van der Waals surface area contributed by atoms with Gasteiger partial charge in [-0.05, 0) is 38.8 Å². The number of amides is 1. The maximum absolute atomic E-state index is 11.5. The topological polar surface area (TPSA) is 59.6 Å². The molecule has 5 nitrogen and oxygen atoms in total. The fourth-order valence-electron chi connectivity index (χ4n) is 2.23. The molecule has 0 radical (unpaired) electrons. The summed E-state index contributed by atoms with van der Waals surface area (Å²) >= 11 is 0. The van der Waals surface area contributed by atoms with Gasteiger partial charge in [0.1, 0.15) is 6.10 Å². The van der Waals surface area contributed by atoms with E-state index in [-0.39, 0.29) is 18.2 Å². The highest BCUT2D eigenvalue weighted by Crippen LogP contribution is 2.29. The summed E-state index contributed by atoms with van der Waals surface area (Å²) in [6, 6.07) is 0.140. The third-order valence-corrected chi connectivity index (χ3v) is 3.21. The van der Waals surface area contributed by atoms with Crippen LogP contribution in [0.5, 0.6) is 0 Å². The minimum absolute atomic E-state index is 0.112. The van der Waals surface area contributed by atoms with E-state index in [1.54, 1.807) is 0 Å². The van der Waals surface area contributed by atoms with Gasteiger partial charge in [-0.2, -0.15) is 0 Å². The van der Waals surface area contributed by atoms with Crippen LogP contribution in [0.3, 0.4) is 0 Å². The lowest BCUT2D eigenvalue weighted by Crippen LogP contribution is -2.43. The van der Waals surface area contributed by atoms with Crippen LogP contribution < -0.4 is 10.6 Å². The van der Waals surface area contributed by atoms with E-state index in [1.807, 2.05) is 7.05 Å². The van der Waals surface area contributed by atoms with Crippen LogP contribution in [0.2, 0.25) is 0 Å². The molecule has 0 aromatic rings. The van der Waals surface area contributed by atoms with Crippen molar-refractivity contribution in [1.29, 1.82) is 0 Å². The van der Waals surface area contributed by atoms with Gasteiger partial charge in [0.2, 0.25) is 0 Å². The van der Waals surface area contributed by atoms with Gasteiger partial charge in [-0.1, -0.05) is 0 Å².